The van der Waals surface area contributed by atoms with Crippen LogP contribution in [0.25, 0.3) is 0 Å². The van der Waals surface area contributed by atoms with E-state index in [1.807, 2.05) is 29.2 Å². The van der Waals surface area contributed by atoms with Gasteiger partial charge >= 0.3 is 0 Å². The van der Waals surface area contributed by atoms with Crippen molar-refractivity contribution in [3.63, 3.8) is 0 Å². The predicted molar refractivity (Wildman–Crippen MR) is 116 cm³/mol. The summed E-state index contributed by atoms with van der Waals surface area (Å²) >= 11 is 0. The molecule has 0 atom stereocenters. The number of hydrogen-bond donors (Lipinski definition) is 0. The highest BCUT2D eigenvalue weighted by Gasteiger charge is 2.31. The summed E-state index contributed by atoms with van der Waals surface area (Å²) in [4.78, 5) is 36.3. The van der Waals surface area contributed by atoms with E-state index in [-0.39, 0.29) is 11.8 Å². The molecule has 0 N–H and O–H groups in total. The standard InChI is InChI=1S/C23H37N5O2/c1-25-13-10-24-21(25)18-26-11-8-20(9-12-26)23(30)28-16-14-27(15-17-28)22(29)7-6-19-4-2-3-5-19/h10,13,19-20H,2-9,11-12,14-18H2,1H3. The van der Waals surface area contributed by atoms with E-state index in [1.165, 1.54) is 25.7 Å². The maximum atomic E-state index is 13.0. The molecule has 1 aliphatic carbocycles. The summed E-state index contributed by atoms with van der Waals surface area (Å²) in [6.07, 6.45) is 12.7. The summed E-state index contributed by atoms with van der Waals surface area (Å²) in [6.45, 7) is 5.54. The molecule has 4 rings (SSSR count). The topological polar surface area (TPSA) is 61.7 Å². The zero-order valence-electron chi connectivity index (χ0n) is 18.5. The van der Waals surface area contributed by atoms with E-state index in [9.17, 15) is 9.59 Å². The van der Waals surface area contributed by atoms with Crippen molar-refractivity contribution in [1.82, 2.24) is 24.3 Å². The highest BCUT2D eigenvalue weighted by Crippen LogP contribution is 2.29. The summed E-state index contributed by atoms with van der Waals surface area (Å²) in [5.74, 6) is 2.56. The second kappa shape index (κ2) is 9.94. The van der Waals surface area contributed by atoms with Crippen molar-refractivity contribution in [2.75, 3.05) is 39.3 Å². The molecular weight excluding hydrogens is 378 g/mol. The minimum absolute atomic E-state index is 0.132. The fraction of sp³-hybridized carbons (Fsp3) is 0.783. The van der Waals surface area contributed by atoms with Crippen LogP contribution in [0.2, 0.25) is 0 Å². The average Bonchev–Trinajstić information content (AvgIpc) is 3.44. The molecule has 3 heterocycles. The second-order valence-corrected chi connectivity index (χ2v) is 9.40. The summed E-state index contributed by atoms with van der Waals surface area (Å²) in [7, 11) is 2.03. The highest BCUT2D eigenvalue weighted by molar-refractivity contribution is 5.80. The number of rotatable bonds is 6. The molecule has 3 fully saturated rings. The van der Waals surface area contributed by atoms with Gasteiger partial charge in [-0.05, 0) is 38.3 Å². The molecule has 166 valence electrons. The maximum Gasteiger partial charge on any atom is 0.225 e. The summed E-state index contributed by atoms with van der Waals surface area (Å²) in [5.41, 5.74) is 0. The Balaban J connectivity index is 1.16. The van der Waals surface area contributed by atoms with Crippen molar-refractivity contribution in [3.8, 4) is 0 Å². The van der Waals surface area contributed by atoms with Crippen LogP contribution in [-0.2, 0) is 23.2 Å². The van der Waals surface area contributed by atoms with E-state index in [1.54, 1.807) is 0 Å². The molecule has 0 unspecified atom stereocenters. The summed E-state index contributed by atoms with van der Waals surface area (Å²) in [5, 5.41) is 0. The molecule has 0 aromatic carbocycles. The summed E-state index contributed by atoms with van der Waals surface area (Å²) < 4.78 is 2.06. The number of nitrogens with zero attached hydrogens (tertiary/aromatic N) is 5. The van der Waals surface area contributed by atoms with E-state index in [0.717, 1.165) is 50.6 Å². The number of piperidine rings is 1. The monoisotopic (exact) mass is 415 g/mol. The number of piperazine rings is 1. The van der Waals surface area contributed by atoms with Crippen LogP contribution < -0.4 is 0 Å². The van der Waals surface area contributed by atoms with Crippen molar-refractivity contribution in [3.05, 3.63) is 18.2 Å². The molecule has 1 saturated carbocycles. The number of aromatic nitrogens is 2. The van der Waals surface area contributed by atoms with Gasteiger partial charge in [-0.15, -0.1) is 0 Å². The van der Waals surface area contributed by atoms with E-state index < -0.39 is 0 Å². The number of carbonyl (C=O) groups is 2. The largest absolute Gasteiger partial charge is 0.339 e. The third-order valence-corrected chi connectivity index (χ3v) is 7.41. The fourth-order valence-corrected chi connectivity index (χ4v) is 5.31. The van der Waals surface area contributed by atoms with E-state index in [4.69, 9.17) is 0 Å². The normalized spacial score (nSPS) is 22.0. The van der Waals surface area contributed by atoms with Crippen LogP contribution in [0, 0.1) is 11.8 Å². The first-order valence-electron chi connectivity index (χ1n) is 11.9. The lowest BCUT2D eigenvalue weighted by Gasteiger charge is -2.38. The zero-order valence-corrected chi connectivity index (χ0v) is 18.5. The van der Waals surface area contributed by atoms with Crippen molar-refractivity contribution in [1.29, 1.82) is 0 Å². The van der Waals surface area contributed by atoms with Gasteiger partial charge in [0, 0.05) is 58.0 Å². The number of likely N-dealkylation sites (tertiary alicyclic amines) is 1. The maximum absolute atomic E-state index is 13.0. The SMILES string of the molecule is Cn1ccnc1CN1CCC(C(=O)N2CCN(C(=O)CCC3CCCC3)CC2)CC1. The van der Waals surface area contributed by atoms with Gasteiger partial charge in [-0.2, -0.15) is 0 Å². The van der Waals surface area contributed by atoms with Crippen LogP contribution in [0.4, 0.5) is 0 Å². The van der Waals surface area contributed by atoms with Gasteiger partial charge in [0.25, 0.3) is 0 Å². The smallest absolute Gasteiger partial charge is 0.225 e. The molecule has 1 aromatic heterocycles. The third kappa shape index (κ3) is 5.23. The molecule has 7 nitrogen and oxygen atoms in total. The first-order chi connectivity index (χ1) is 14.6. The number of imidazole rings is 1. The minimum atomic E-state index is 0.132. The van der Waals surface area contributed by atoms with E-state index >= 15 is 0 Å². The van der Waals surface area contributed by atoms with Gasteiger partial charge in [-0.3, -0.25) is 14.5 Å². The van der Waals surface area contributed by atoms with Crippen LogP contribution in [0.5, 0.6) is 0 Å². The Morgan fingerprint density at radius 3 is 2.27 bits per heavy atom. The lowest BCUT2D eigenvalue weighted by atomic mass is 9.95. The first kappa shape index (κ1) is 21.3. The van der Waals surface area contributed by atoms with Crippen molar-refractivity contribution >= 4 is 11.8 Å². The molecule has 0 bridgehead atoms. The molecule has 1 aromatic rings. The lowest BCUT2D eigenvalue weighted by Crippen LogP contribution is -2.53. The van der Waals surface area contributed by atoms with Gasteiger partial charge < -0.3 is 14.4 Å². The number of hydrogen-bond acceptors (Lipinski definition) is 4. The Hall–Kier alpha value is -1.89. The van der Waals surface area contributed by atoms with Gasteiger partial charge in [0.15, 0.2) is 0 Å². The Labute approximate surface area is 180 Å². The fourth-order valence-electron chi connectivity index (χ4n) is 5.31. The van der Waals surface area contributed by atoms with Crippen LogP contribution in [0.15, 0.2) is 12.4 Å². The quantitative estimate of drug-likeness (QED) is 0.715. The molecule has 7 heteroatoms. The van der Waals surface area contributed by atoms with Crippen molar-refractivity contribution in [2.24, 2.45) is 18.9 Å². The number of amides is 2. The predicted octanol–water partition coefficient (Wildman–Crippen LogP) is 2.27. The molecule has 0 radical (unpaired) electrons. The Morgan fingerprint density at radius 2 is 1.63 bits per heavy atom. The Bertz CT molecular complexity index is 711. The van der Waals surface area contributed by atoms with Crippen LogP contribution >= 0.6 is 0 Å². The minimum Gasteiger partial charge on any atom is -0.339 e. The van der Waals surface area contributed by atoms with Crippen LogP contribution in [-0.4, -0.2) is 75.3 Å². The average molecular weight is 416 g/mol. The lowest BCUT2D eigenvalue weighted by molar-refractivity contribution is -0.143. The molecule has 2 aliphatic heterocycles. The van der Waals surface area contributed by atoms with Gasteiger partial charge in [0.2, 0.25) is 11.8 Å². The molecule has 2 amide bonds. The molecule has 3 aliphatic rings. The van der Waals surface area contributed by atoms with Gasteiger partial charge in [0.05, 0.1) is 6.54 Å². The van der Waals surface area contributed by atoms with Gasteiger partial charge in [-0.25, -0.2) is 4.98 Å². The first-order valence-corrected chi connectivity index (χ1v) is 11.9. The van der Waals surface area contributed by atoms with Crippen molar-refractivity contribution in [2.45, 2.75) is 57.9 Å². The number of carbonyl (C=O) groups excluding carboxylic acids is 2. The Kier molecular flexibility index (Phi) is 7.08. The van der Waals surface area contributed by atoms with E-state index in [0.29, 0.717) is 38.5 Å². The van der Waals surface area contributed by atoms with Crippen molar-refractivity contribution < 1.29 is 9.59 Å². The third-order valence-electron chi connectivity index (χ3n) is 7.41. The molecular formula is C23H37N5O2. The van der Waals surface area contributed by atoms with Gasteiger partial charge in [-0.1, -0.05) is 25.7 Å². The highest BCUT2D eigenvalue weighted by atomic mass is 16.2. The second-order valence-electron chi connectivity index (χ2n) is 9.40. The van der Waals surface area contributed by atoms with E-state index in [2.05, 4.69) is 14.5 Å². The van der Waals surface area contributed by atoms with Gasteiger partial charge in [0.1, 0.15) is 5.82 Å². The van der Waals surface area contributed by atoms with Crippen LogP contribution in [0.1, 0.15) is 57.2 Å². The number of aryl methyl sites for hydroxylation is 1. The Morgan fingerprint density at radius 1 is 0.967 bits per heavy atom. The molecule has 2 saturated heterocycles. The summed E-state index contributed by atoms with van der Waals surface area (Å²) in [6, 6.07) is 0. The van der Waals surface area contributed by atoms with Crippen LogP contribution in [0.3, 0.4) is 0 Å². The molecule has 30 heavy (non-hydrogen) atoms. The molecule has 0 spiro atoms. The zero-order chi connectivity index (χ0) is 20.9.